The number of benzene rings is 1. The smallest absolute Gasteiger partial charge is 0.227 e. The number of hydrogen-bond acceptors (Lipinski definition) is 2. The zero-order valence-corrected chi connectivity index (χ0v) is 11.0. The zero-order valence-electron chi connectivity index (χ0n) is 11.0. The quantitative estimate of drug-likeness (QED) is 0.862. The highest BCUT2D eigenvalue weighted by atomic mass is 16.3. The third-order valence-corrected chi connectivity index (χ3v) is 3.86. The molecule has 1 fully saturated rings. The van der Waals surface area contributed by atoms with Gasteiger partial charge in [-0.05, 0) is 43.4 Å². The molecule has 3 heteroatoms. The molecule has 1 amide bonds. The second-order valence-corrected chi connectivity index (χ2v) is 5.30. The molecule has 0 radical (unpaired) electrons. The van der Waals surface area contributed by atoms with Gasteiger partial charge in [0, 0.05) is 11.6 Å². The molecule has 3 nitrogen and oxygen atoms in total. The first kappa shape index (κ1) is 13.1. The Hall–Kier alpha value is -1.35. The molecule has 0 aliphatic heterocycles. The van der Waals surface area contributed by atoms with Crippen molar-refractivity contribution >= 4 is 11.6 Å². The van der Waals surface area contributed by atoms with Gasteiger partial charge in [-0.25, -0.2) is 0 Å². The van der Waals surface area contributed by atoms with Gasteiger partial charge in [0.1, 0.15) is 0 Å². The maximum Gasteiger partial charge on any atom is 0.227 e. The Bertz CT molecular complexity index is 411. The van der Waals surface area contributed by atoms with E-state index < -0.39 is 6.10 Å². The van der Waals surface area contributed by atoms with Gasteiger partial charge in [0.15, 0.2) is 0 Å². The van der Waals surface area contributed by atoms with E-state index in [1.165, 1.54) is 0 Å². The Morgan fingerprint density at radius 1 is 1.33 bits per heavy atom. The van der Waals surface area contributed by atoms with E-state index in [-0.39, 0.29) is 11.8 Å². The van der Waals surface area contributed by atoms with E-state index in [0.717, 1.165) is 30.5 Å². The van der Waals surface area contributed by atoms with Crippen molar-refractivity contribution in [3.05, 3.63) is 29.8 Å². The lowest BCUT2D eigenvalue weighted by molar-refractivity contribution is -0.120. The summed E-state index contributed by atoms with van der Waals surface area (Å²) in [5.41, 5.74) is 1.67. The normalized spacial score (nSPS) is 24.8. The molecule has 2 N–H and O–H groups in total. The Balaban J connectivity index is 1.98. The topological polar surface area (TPSA) is 49.3 Å². The standard InChI is InChI=1S/C15H21NO2/c1-10-4-3-5-14(10)15(18)16-13-8-6-12(7-9-13)11(2)17/h6-11,14,17H,3-5H2,1-2H3,(H,16,18). The first-order valence-electron chi connectivity index (χ1n) is 6.67. The molecule has 18 heavy (non-hydrogen) atoms. The van der Waals surface area contributed by atoms with Crippen LogP contribution in [0.3, 0.4) is 0 Å². The summed E-state index contributed by atoms with van der Waals surface area (Å²) in [6.07, 6.45) is 2.84. The van der Waals surface area contributed by atoms with Crippen LogP contribution in [-0.4, -0.2) is 11.0 Å². The van der Waals surface area contributed by atoms with Gasteiger partial charge in [-0.3, -0.25) is 4.79 Å². The average Bonchev–Trinajstić information content (AvgIpc) is 2.76. The van der Waals surface area contributed by atoms with Gasteiger partial charge in [0.05, 0.1) is 6.10 Å². The lowest BCUT2D eigenvalue weighted by Crippen LogP contribution is -2.24. The SMILES string of the molecule is CC(O)c1ccc(NC(=O)C2CCCC2C)cc1. The monoisotopic (exact) mass is 247 g/mol. The first-order chi connectivity index (χ1) is 8.58. The highest BCUT2D eigenvalue weighted by molar-refractivity contribution is 5.92. The van der Waals surface area contributed by atoms with Crippen molar-refractivity contribution in [2.45, 2.75) is 39.2 Å². The zero-order chi connectivity index (χ0) is 13.1. The van der Waals surface area contributed by atoms with Gasteiger partial charge in [0.25, 0.3) is 0 Å². The molecule has 1 aromatic carbocycles. The molecule has 2 rings (SSSR count). The predicted octanol–water partition coefficient (Wildman–Crippen LogP) is 3.11. The van der Waals surface area contributed by atoms with E-state index in [2.05, 4.69) is 12.2 Å². The number of aliphatic hydroxyl groups is 1. The Morgan fingerprint density at radius 2 is 2.00 bits per heavy atom. The van der Waals surface area contributed by atoms with Crippen LogP contribution in [0.5, 0.6) is 0 Å². The van der Waals surface area contributed by atoms with E-state index in [9.17, 15) is 9.90 Å². The number of nitrogens with one attached hydrogen (secondary N) is 1. The Morgan fingerprint density at radius 3 is 2.50 bits per heavy atom. The fourth-order valence-corrected chi connectivity index (χ4v) is 2.61. The van der Waals surface area contributed by atoms with Crippen LogP contribution < -0.4 is 5.32 Å². The fraction of sp³-hybridized carbons (Fsp3) is 0.533. The van der Waals surface area contributed by atoms with Gasteiger partial charge >= 0.3 is 0 Å². The summed E-state index contributed by atoms with van der Waals surface area (Å²) >= 11 is 0. The molecule has 1 saturated carbocycles. The van der Waals surface area contributed by atoms with E-state index in [4.69, 9.17) is 0 Å². The Labute approximate surface area is 108 Å². The maximum atomic E-state index is 12.1. The van der Waals surface area contributed by atoms with Crippen molar-refractivity contribution < 1.29 is 9.90 Å². The van der Waals surface area contributed by atoms with Crippen LogP contribution in [0.1, 0.15) is 44.8 Å². The average molecular weight is 247 g/mol. The molecule has 1 aromatic rings. The second-order valence-electron chi connectivity index (χ2n) is 5.30. The molecule has 3 unspecified atom stereocenters. The van der Waals surface area contributed by atoms with Crippen molar-refractivity contribution in [2.75, 3.05) is 5.32 Å². The predicted molar refractivity (Wildman–Crippen MR) is 72.2 cm³/mol. The summed E-state index contributed by atoms with van der Waals surface area (Å²) in [7, 11) is 0. The van der Waals surface area contributed by atoms with Crippen molar-refractivity contribution in [3.63, 3.8) is 0 Å². The van der Waals surface area contributed by atoms with E-state index in [0.29, 0.717) is 5.92 Å². The summed E-state index contributed by atoms with van der Waals surface area (Å²) < 4.78 is 0. The van der Waals surface area contributed by atoms with Gasteiger partial charge in [-0.15, -0.1) is 0 Å². The third kappa shape index (κ3) is 2.91. The molecule has 3 atom stereocenters. The lowest BCUT2D eigenvalue weighted by Gasteiger charge is -2.15. The number of carbonyl (C=O) groups excluding carboxylic acids is 1. The summed E-state index contributed by atoms with van der Waals surface area (Å²) in [5, 5.41) is 12.4. The van der Waals surface area contributed by atoms with E-state index in [1.807, 2.05) is 24.3 Å². The minimum absolute atomic E-state index is 0.129. The van der Waals surface area contributed by atoms with Crippen molar-refractivity contribution in [1.29, 1.82) is 0 Å². The molecular formula is C15H21NO2. The van der Waals surface area contributed by atoms with Crippen molar-refractivity contribution in [2.24, 2.45) is 11.8 Å². The fourth-order valence-electron chi connectivity index (χ4n) is 2.61. The molecule has 1 aliphatic rings. The number of aliphatic hydroxyl groups excluding tert-OH is 1. The van der Waals surface area contributed by atoms with Crippen LogP contribution in [0.2, 0.25) is 0 Å². The second kappa shape index (κ2) is 5.53. The largest absolute Gasteiger partial charge is 0.389 e. The molecule has 0 heterocycles. The molecule has 98 valence electrons. The molecule has 0 spiro atoms. The number of amides is 1. The highest BCUT2D eigenvalue weighted by Gasteiger charge is 2.29. The molecule has 0 saturated heterocycles. The minimum Gasteiger partial charge on any atom is -0.389 e. The molecule has 1 aliphatic carbocycles. The van der Waals surface area contributed by atoms with Gasteiger partial charge in [0.2, 0.25) is 5.91 Å². The first-order valence-corrected chi connectivity index (χ1v) is 6.67. The highest BCUT2D eigenvalue weighted by Crippen LogP contribution is 2.32. The van der Waals surface area contributed by atoms with Crippen LogP contribution in [0, 0.1) is 11.8 Å². The molecule has 0 aromatic heterocycles. The number of rotatable bonds is 3. The minimum atomic E-state index is -0.468. The van der Waals surface area contributed by atoms with Crippen LogP contribution in [0.4, 0.5) is 5.69 Å². The summed E-state index contributed by atoms with van der Waals surface area (Å²) in [4.78, 5) is 12.1. The van der Waals surface area contributed by atoms with Gasteiger partial charge in [-0.2, -0.15) is 0 Å². The van der Waals surface area contributed by atoms with E-state index >= 15 is 0 Å². The summed E-state index contributed by atoms with van der Waals surface area (Å²) in [6.45, 7) is 3.88. The number of hydrogen-bond donors (Lipinski definition) is 2. The van der Waals surface area contributed by atoms with E-state index in [1.54, 1.807) is 6.92 Å². The van der Waals surface area contributed by atoms with Crippen LogP contribution >= 0.6 is 0 Å². The third-order valence-electron chi connectivity index (χ3n) is 3.86. The van der Waals surface area contributed by atoms with Gasteiger partial charge in [-0.1, -0.05) is 25.5 Å². The molecular weight excluding hydrogens is 226 g/mol. The number of anilines is 1. The summed E-state index contributed by atoms with van der Waals surface area (Å²) in [5.74, 6) is 0.771. The van der Waals surface area contributed by atoms with Crippen molar-refractivity contribution in [1.82, 2.24) is 0 Å². The summed E-state index contributed by atoms with van der Waals surface area (Å²) in [6, 6.07) is 7.38. The molecule has 0 bridgehead atoms. The number of carbonyl (C=O) groups is 1. The van der Waals surface area contributed by atoms with Crippen LogP contribution in [0.25, 0.3) is 0 Å². The maximum absolute atomic E-state index is 12.1. The van der Waals surface area contributed by atoms with Crippen LogP contribution in [-0.2, 0) is 4.79 Å². The van der Waals surface area contributed by atoms with Crippen molar-refractivity contribution in [3.8, 4) is 0 Å². The Kier molecular flexibility index (Phi) is 4.02. The van der Waals surface area contributed by atoms with Gasteiger partial charge < -0.3 is 10.4 Å². The lowest BCUT2D eigenvalue weighted by atomic mass is 9.97. The van der Waals surface area contributed by atoms with Crippen LogP contribution in [0.15, 0.2) is 24.3 Å².